The Balaban J connectivity index is 0.000000498. The Bertz CT molecular complexity index is 1370. The molecule has 19 nitrogen and oxygen atoms in total. The smallest absolute Gasteiger partial charge is 0.326 e. The van der Waals surface area contributed by atoms with Gasteiger partial charge in [0.15, 0.2) is 5.82 Å². The predicted octanol–water partition coefficient (Wildman–Crippen LogP) is -3.67. The Labute approximate surface area is 255 Å². The van der Waals surface area contributed by atoms with Gasteiger partial charge >= 0.3 is 11.9 Å². The van der Waals surface area contributed by atoms with Crippen molar-refractivity contribution >= 4 is 47.3 Å². The first-order valence-corrected chi connectivity index (χ1v) is 13.5. The number of fused-ring (bicyclic) bond motifs is 1. The molecular weight excluding hydrogens is 600 g/mol. The molecule has 6 atom stereocenters. The first-order chi connectivity index (χ1) is 21.2. The number of nitrogen functional groups attached to an aromatic ring is 1. The van der Waals surface area contributed by atoms with Crippen LogP contribution in [0.5, 0.6) is 0 Å². The highest BCUT2D eigenvalue weighted by molar-refractivity contribution is 5.97. The number of aliphatic hydroxyl groups excluding tert-OH is 4. The van der Waals surface area contributed by atoms with Gasteiger partial charge in [0.2, 0.25) is 5.95 Å². The number of hydrogen-bond donors (Lipinski definition) is 12. The number of aromatic amines is 1. The van der Waals surface area contributed by atoms with E-state index >= 15 is 0 Å². The largest absolute Gasteiger partial charge is 0.481 e. The fourth-order valence-electron chi connectivity index (χ4n) is 4.06. The number of amides is 1. The molecule has 2 aromatic rings. The van der Waals surface area contributed by atoms with Crippen LogP contribution in [0.1, 0.15) is 23.2 Å². The summed E-state index contributed by atoms with van der Waals surface area (Å²) in [6, 6.07) is 3.77. The van der Waals surface area contributed by atoms with Crippen molar-refractivity contribution in [2.75, 3.05) is 48.0 Å². The van der Waals surface area contributed by atoms with Crippen molar-refractivity contribution in [1.82, 2.24) is 15.3 Å². The summed E-state index contributed by atoms with van der Waals surface area (Å²) in [4.78, 5) is 64.9. The average Bonchev–Trinajstić information content (AvgIpc) is 3.01. The van der Waals surface area contributed by atoms with Crippen LogP contribution in [0.3, 0.4) is 0 Å². The van der Waals surface area contributed by atoms with Gasteiger partial charge in [0.25, 0.3) is 11.5 Å². The van der Waals surface area contributed by atoms with Crippen molar-refractivity contribution in [1.29, 1.82) is 0 Å². The number of anilines is 4. The molecule has 0 fully saturated rings. The fraction of sp³-hybridized carbons (Fsp3) is 0.462. The van der Waals surface area contributed by atoms with Crippen LogP contribution in [-0.4, -0.2) is 128 Å². The first kappa shape index (κ1) is 36.4. The number of hydrogen-bond acceptors (Lipinski definition) is 15. The second kappa shape index (κ2) is 16.9. The molecule has 0 radical (unpaired) electrons. The molecule has 1 aromatic carbocycles. The van der Waals surface area contributed by atoms with Gasteiger partial charge in [-0.25, -0.2) is 4.79 Å². The van der Waals surface area contributed by atoms with Crippen LogP contribution in [0.15, 0.2) is 29.1 Å². The van der Waals surface area contributed by atoms with Gasteiger partial charge in [-0.1, -0.05) is 0 Å². The normalized spacial score (nSPS) is 17.1. The third kappa shape index (κ3) is 10.4. The Morgan fingerprint density at radius 3 is 2.36 bits per heavy atom. The Hall–Kier alpha value is -4.82. The molecule has 0 aliphatic carbocycles. The summed E-state index contributed by atoms with van der Waals surface area (Å²) in [6.45, 7) is 0.304. The summed E-state index contributed by atoms with van der Waals surface area (Å²) < 4.78 is 0. The number of carbonyl (C=O) groups is 4. The lowest BCUT2D eigenvalue weighted by Gasteiger charge is -2.35. The number of carbonyl (C=O) groups excluding carboxylic acids is 2. The summed E-state index contributed by atoms with van der Waals surface area (Å²) in [7, 11) is 1.79. The van der Waals surface area contributed by atoms with Gasteiger partial charge < -0.3 is 67.8 Å². The summed E-state index contributed by atoms with van der Waals surface area (Å²) in [5, 5.41) is 61.7. The number of nitrogens with one attached hydrogen (secondary N) is 4. The van der Waals surface area contributed by atoms with E-state index in [2.05, 4.69) is 25.9 Å². The number of H-pyrrole nitrogens is 1. The maximum absolute atomic E-state index is 12.3. The molecule has 1 aliphatic rings. The molecule has 3 rings (SSSR count). The predicted molar refractivity (Wildman–Crippen MR) is 160 cm³/mol. The lowest BCUT2D eigenvalue weighted by Crippen LogP contribution is -2.49. The lowest BCUT2D eigenvalue weighted by atomic mass is 10.0. The zero-order chi connectivity index (χ0) is 33.8. The minimum absolute atomic E-state index is 0.0388. The number of aromatic nitrogens is 2. The number of carboxylic acid groups (broad SMARTS) is 2. The maximum Gasteiger partial charge on any atom is 0.326 e. The van der Waals surface area contributed by atoms with Crippen LogP contribution in [0.4, 0.5) is 23.1 Å². The molecule has 19 heteroatoms. The first-order valence-electron chi connectivity index (χ1n) is 13.5. The van der Waals surface area contributed by atoms with E-state index in [4.69, 9.17) is 37.0 Å². The maximum atomic E-state index is 12.3. The topological polar surface area (TPSA) is 327 Å². The SMILES string of the molecule is CN1c2c(nc(N)[nH]c2=O)NC[C@@H]1CNc1ccc(C(=O)NC(CCC(=O)O)C(=O)O)cc1.N[C@@H](C=O)[C@@H](O)[C@@H](O)[C@H](O)CO. The summed E-state index contributed by atoms with van der Waals surface area (Å²) in [5.41, 5.74) is 11.6. The summed E-state index contributed by atoms with van der Waals surface area (Å²) in [5.74, 6) is -2.59. The standard InChI is InChI=1S/C20H25N7O6.C6H13NO5/c1-27-12(9-23-16-15(27)18(31)26-20(21)25-16)8-22-11-4-2-10(3-5-11)17(30)24-13(19(32)33)6-7-14(28)29;7-3(1-8)5(11)6(12)4(10)2-9/h2-5,12-13,22H,6-9H2,1H3,(H,24,30)(H,28,29)(H,32,33)(H4,21,23,25,26,31);1,3-6,9-12H,2,7H2/t12-,13?;3-,4+,5+,6-/m00/s1. The molecule has 14 N–H and O–H groups in total. The number of rotatable bonds is 14. The molecular formula is C26H38N8O11. The van der Waals surface area contributed by atoms with E-state index in [1.54, 1.807) is 19.2 Å². The van der Waals surface area contributed by atoms with Crippen LogP contribution in [0.25, 0.3) is 0 Å². The molecule has 1 unspecified atom stereocenters. The highest BCUT2D eigenvalue weighted by Crippen LogP contribution is 2.25. The van der Waals surface area contributed by atoms with Crippen LogP contribution in [0, 0.1) is 0 Å². The average molecular weight is 639 g/mol. The molecule has 1 amide bonds. The van der Waals surface area contributed by atoms with Crippen molar-refractivity contribution in [3.05, 3.63) is 40.2 Å². The van der Waals surface area contributed by atoms with Crippen LogP contribution >= 0.6 is 0 Å². The van der Waals surface area contributed by atoms with Crippen molar-refractivity contribution in [2.24, 2.45) is 5.73 Å². The quantitative estimate of drug-likeness (QED) is 0.0886. The zero-order valence-corrected chi connectivity index (χ0v) is 24.2. The van der Waals surface area contributed by atoms with Crippen molar-refractivity contribution in [3.63, 3.8) is 0 Å². The Morgan fingerprint density at radius 1 is 1.16 bits per heavy atom. The Morgan fingerprint density at radius 2 is 1.80 bits per heavy atom. The molecule has 0 saturated carbocycles. The van der Waals surface area contributed by atoms with Gasteiger partial charge in [0.05, 0.1) is 18.7 Å². The molecule has 2 heterocycles. The zero-order valence-electron chi connectivity index (χ0n) is 24.2. The number of nitrogens with two attached hydrogens (primary N) is 2. The van der Waals surface area contributed by atoms with E-state index in [0.29, 0.717) is 24.6 Å². The summed E-state index contributed by atoms with van der Waals surface area (Å²) >= 11 is 0. The highest BCUT2D eigenvalue weighted by atomic mass is 16.4. The number of benzene rings is 1. The van der Waals surface area contributed by atoms with E-state index in [9.17, 15) is 29.1 Å². The molecule has 248 valence electrons. The van der Waals surface area contributed by atoms with E-state index in [1.165, 1.54) is 12.1 Å². The van der Waals surface area contributed by atoms with E-state index in [-0.39, 0.29) is 42.2 Å². The van der Waals surface area contributed by atoms with Crippen LogP contribution in [-0.2, 0) is 14.4 Å². The van der Waals surface area contributed by atoms with Gasteiger partial charge in [-0.2, -0.15) is 4.98 Å². The molecule has 0 saturated heterocycles. The third-order valence-electron chi connectivity index (χ3n) is 6.74. The molecule has 0 bridgehead atoms. The number of aliphatic carboxylic acids is 2. The number of carboxylic acids is 2. The summed E-state index contributed by atoms with van der Waals surface area (Å²) in [6.07, 6.45) is -5.01. The second-order valence-corrected chi connectivity index (χ2v) is 9.99. The van der Waals surface area contributed by atoms with Crippen LogP contribution < -0.4 is 37.9 Å². The molecule has 1 aromatic heterocycles. The van der Waals surface area contributed by atoms with E-state index < -0.39 is 54.8 Å². The lowest BCUT2D eigenvalue weighted by molar-refractivity contribution is -0.140. The molecule has 1 aliphatic heterocycles. The second-order valence-electron chi connectivity index (χ2n) is 9.99. The highest BCUT2D eigenvalue weighted by Gasteiger charge is 2.29. The van der Waals surface area contributed by atoms with E-state index in [1.807, 2.05) is 4.90 Å². The van der Waals surface area contributed by atoms with Gasteiger partial charge in [-0.15, -0.1) is 0 Å². The molecule has 0 spiro atoms. The minimum atomic E-state index is -1.62. The third-order valence-corrected chi connectivity index (χ3v) is 6.74. The van der Waals surface area contributed by atoms with Gasteiger partial charge in [0.1, 0.15) is 36.3 Å². The van der Waals surface area contributed by atoms with Crippen LogP contribution in [0.2, 0.25) is 0 Å². The van der Waals surface area contributed by atoms with Gasteiger partial charge in [-0.3, -0.25) is 19.4 Å². The fourth-order valence-corrected chi connectivity index (χ4v) is 4.06. The Kier molecular flexibility index (Phi) is 13.6. The minimum Gasteiger partial charge on any atom is -0.481 e. The number of aliphatic hydroxyl groups is 4. The molecule has 45 heavy (non-hydrogen) atoms. The van der Waals surface area contributed by atoms with E-state index in [0.717, 1.165) is 5.69 Å². The number of aldehydes is 1. The monoisotopic (exact) mass is 638 g/mol. The number of nitrogens with zero attached hydrogens (tertiary/aromatic N) is 2. The van der Waals surface area contributed by atoms with Crippen molar-refractivity contribution < 1.29 is 49.8 Å². The van der Waals surface area contributed by atoms with Gasteiger partial charge in [-0.05, 0) is 30.7 Å². The van der Waals surface area contributed by atoms with Gasteiger partial charge in [0, 0.05) is 37.8 Å². The van der Waals surface area contributed by atoms with Crippen molar-refractivity contribution in [3.8, 4) is 0 Å². The van der Waals surface area contributed by atoms with Crippen molar-refractivity contribution in [2.45, 2.75) is 49.3 Å². The number of likely N-dealkylation sites (N-methyl/N-ethyl adjacent to an activating group) is 1.